The molecule has 1 aliphatic heterocycles. The van der Waals surface area contributed by atoms with E-state index in [1.54, 1.807) is 24.3 Å². The first kappa shape index (κ1) is 16.5. The first-order chi connectivity index (χ1) is 11.0. The Hall–Kier alpha value is -2.90. The highest BCUT2D eigenvalue weighted by Crippen LogP contribution is 2.04. The van der Waals surface area contributed by atoms with Crippen molar-refractivity contribution >= 4 is 23.8 Å². The number of amides is 4. The molecule has 1 saturated heterocycles. The van der Waals surface area contributed by atoms with Crippen molar-refractivity contribution in [2.75, 3.05) is 13.1 Å². The summed E-state index contributed by atoms with van der Waals surface area (Å²) in [6.45, 7) is -0.161. The second-order valence-electron chi connectivity index (χ2n) is 5.17. The highest BCUT2D eigenvalue weighted by Gasteiger charge is 2.26. The molecule has 8 nitrogen and oxygen atoms in total. The number of urea groups is 1. The fourth-order valence-electron chi connectivity index (χ4n) is 2.21. The van der Waals surface area contributed by atoms with Gasteiger partial charge in [0.1, 0.15) is 12.6 Å². The lowest BCUT2D eigenvalue weighted by Crippen LogP contribution is -2.54. The Kier molecular flexibility index (Phi) is 5.29. The normalized spacial score (nSPS) is 15.7. The van der Waals surface area contributed by atoms with E-state index < -0.39 is 23.9 Å². The molecule has 1 atom stereocenters. The van der Waals surface area contributed by atoms with Crippen LogP contribution in [0.4, 0.5) is 4.79 Å². The summed E-state index contributed by atoms with van der Waals surface area (Å²) in [5, 5.41) is 13.7. The van der Waals surface area contributed by atoms with Gasteiger partial charge in [0.05, 0.1) is 0 Å². The maximum Gasteiger partial charge on any atom is 0.326 e. The third kappa shape index (κ3) is 4.80. The minimum absolute atomic E-state index is 0.116. The Morgan fingerprint density at radius 1 is 1.26 bits per heavy atom. The number of hydrogen-bond acceptors (Lipinski definition) is 4. The SMILES string of the molecule is O=C1CCN(CC(=O)N[C@H](Cc2ccccc2)C(=O)O)C(=O)N1. The number of carboxylic acids is 1. The maximum absolute atomic E-state index is 12.0. The average Bonchev–Trinajstić information content (AvgIpc) is 2.50. The topological polar surface area (TPSA) is 116 Å². The van der Waals surface area contributed by atoms with Gasteiger partial charge in [0, 0.05) is 19.4 Å². The molecule has 0 aromatic heterocycles. The minimum Gasteiger partial charge on any atom is -0.480 e. The minimum atomic E-state index is -1.15. The molecule has 122 valence electrons. The number of aliphatic carboxylic acids is 1. The molecule has 2 rings (SSSR count). The van der Waals surface area contributed by atoms with Crippen LogP contribution in [0.25, 0.3) is 0 Å². The van der Waals surface area contributed by atoms with Gasteiger partial charge in [0.2, 0.25) is 11.8 Å². The van der Waals surface area contributed by atoms with Crippen LogP contribution in [0.15, 0.2) is 30.3 Å². The summed E-state index contributed by atoms with van der Waals surface area (Å²) in [6.07, 6.45) is 0.262. The summed E-state index contributed by atoms with van der Waals surface area (Å²) in [5.41, 5.74) is 0.779. The van der Waals surface area contributed by atoms with E-state index in [-0.39, 0.29) is 31.8 Å². The van der Waals surface area contributed by atoms with Crippen molar-refractivity contribution in [1.82, 2.24) is 15.5 Å². The molecule has 1 aromatic rings. The Morgan fingerprint density at radius 2 is 1.96 bits per heavy atom. The van der Waals surface area contributed by atoms with E-state index in [1.807, 2.05) is 6.07 Å². The van der Waals surface area contributed by atoms with Crippen molar-refractivity contribution in [2.24, 2.45) is 0 Å². The van der Waals surface area contributed by atoms with Crippen molar-refractivity contribution in [3.63, 3.8) is 0 Å². The van der Waals surface area contributed by atoms with Gasteiger partial charge in [0.15, 0.2) is 0 Å². The molecule has 1 aromatic carbocycles. The van der Waals surface area contributed by atoms with Crippen LogP contribution in [0.5, 0.6) is 0 Å². The molecule has 0 aliphatic carbocycles. The molecule has 0 spiro atoms. The summed E-state index contributed by atoms with van der Waals surface area (Å²) in [5.74, 6) is -2.13. The second kappa shape index (κ2) is 7.39. The van der Waals surface area contributed by atoms with Gasteiger partial charge >= 0.3 is 12.0 Å². The monoisotopic (exact) mass is 319 g/mol. The summed E-state index contributed by atoms with van der Waals surface area (Å²) in [4.78, 5) is 47.0. The van der Waals surface area contributed by atoms with Crippen LogP contribution in [-0.2, 0) is 20.8 Å². The molecule has 0 saturated carbocycles. The Bertz CT molecular complexity index is 617. The highest BCUT2D eigenvalue weighted by atomic mass is 16.4. The molecule has 0 radical (unpaired) electrons. The third-order valence-corrected chi connectivity index (χ3v) is 3.39. The van der Waals surface area contributed by atoms with Crippen LogP contribution in [0.1, 0.15) is 12.0 Å². The van der Waals surface area contributed by atoms with Gasteiger partial charge in [-0.3, -0.25) is 14.9 Å². The zero-order chi connectivity index (χ0) is 16.8. The van der Waals surface area contributed by atoms with Crippen molar-refractivity contribution in [3.05, 3.63) is 35.9 Å². The van der Waals surface area contributed by atoms with Gasteiger partial charge in [-0.05, 0) is 5.56 Å². The lowest BCUT2D eigenvalue weighted by Gasteiger charge is -2.26. The summed E-state index contributed by atoms with van der Waals surface area (Å²) >= 11 is 0. The number of rotatable bonds is 6. The molecule has 1 aliphatic rings. The largest absolute Gasteiger partial charge is 0.480 e. The Labute approximate surface area is 132 Å². The van der Waals surface area contributed by atoms with Crippen LogP contribution in [0, 0.1) is 0 Å². The number of hydrogen-bond donors (Lipinski definition) is 3. The molecular formula is C15H17N3O5. The number of nitrogens with zero attached hydrogens (tertiary/aromatic N) is 1. The predicted octanol–water partition coefficient (Wildman–Crippen LogP) is -0.260. The molecule has 8 heteroatoms. The lowest BCUT2D eigenvalue weighted by molar-refractivity contribution is -0.141. The zero-order valence-electron chi connectivity index (χ0n) is 12.3. The van der Waals surface area contributed by atoms with Gasteiger partial charge in [-0.2, -0.15) is 0 Å². The van der Waals surface area contributed by atoms with Gasteiger partial charge in [-0.1, -0.05) is 30.3 Å². The van der Waals surface area contributed by atoms with Gasteiger partial charge in [-0.25, -0.2) is 9.59 Å². The van der Waals surface area contributed by atoms with Crippen LogP contribution < -0.4 is 10.6 Å². The lowest BCUT2D eigenvalue weighted by atomic mass is 10.1. The van der Waals surface area contributed by atoms with E-state index in [0.29, 0.717) is 0 Å². The van der Waals surface area contributed by atoms with Crippen LogP contribution >= 0.6 is 0 Å². The number of carbonyl (C=O) groups excluding carboxylic acids is 3. The van der Waals surface area contributed by atoms with E-state index in [0.717, 1.165) is 10.5 Å². The van der Waals surface area contributed by atoms with Gasteiger partial charge < -0.3 is 15.3 Å². The van der Waals surface area contributed by atoms with E-state index in [1.165, 1.54) is 0 Å². The van der Waals surface area contributed by atoms with Gasteiger partial charge in [-0.15, -0.1) is 0 Å². The number of nitrogens with one attached hydrogen (secondary N) is 2. The fraction of sp³-hybridized carbons (Fsp3) is 0.333. The molecule has 3 N–H and O–H groups in total. The first-order valence-electron chi connectivity index (χ1n) is 7.10. The average molecular weight is 319 g/mol. The molecule has 1 fully saturated rings. The quantitative estimate of drug-likeness (QED) is 0.668. The maximum atomic E-state index is 12.0. The molecule has 4 amide bonds. The molecule has 1 heterocycles. The fourth-order valence-corrected chi connectivity index (χ4v) is 2.21. The number of carbonyl (C=O) groups is 4. The predicted molar refractivity (Wildman–Crippen MR) is 79.4 cm³/mol. The smallest absolute Gasteiger partial charge is 0.326 e. The molecule has 0 unspecified atom stereocenters. The zero-order valence-corrected chi connectivity index (χ0v) is 12.3. The summed E-state index contributed by atoms with van der Waals surface area (Å²) in [7, 11) is 0. The Balaban J connectivity index is 1.92. The van der Waals surface area contributed by atoms with Gasteiger partial charge in [0.25, 0.3) is 0 Å². The van der Waals surface area contributed by atoms with Crippen LogP contribution in [0.3, 0.4) is 0 Å². The van der Waals surface area contributed by atoms with Crippen LogP contribution in [0.2, 0.25) is 0 Å². The number of carboxylic acid groups (broad SMARTS) is 1. The van der Waals surface area contributed by atoms with Crippen molar-refractivity contribution in [2.45, 2.75) is 18.9 Å². The van der Waals surface area contributed by atoms with E-state index in [4.69, 9.17) is 0 Å². The van der Waals surface area contributed by atoms with Crippen LogP contribution in [-0.4, -0.2) is 53.0 Å². The summed E-state index contributed by atoms with van der Waals surface area (Å²) in [6, 6.07) is 7.19. The first-order valence-corrected chi connectivity index (χ1v) is 7.10. The number of imide groups is 1. The standard InChI is InChI=1S/C15H17N3O5/c19-12-6-7-18(15(23)17-12)9-13(20)16-11(14(21)22)8-10-4-2-1-3-5-10/h1-5,11H,6-9H2,(H,16,20)(H,21,22)(H,17,19,23)/t11-/m1/s1. The third-order valence-electron chi connectivity index (χ3n) is 3.39. The molecule has 23 heavy (non-hydrogen) atoms. The Morgan fingerprint density at radius 3 is 2.57 bits per heavy atom. The second-order valence-corrected chi connectivity index (χ2v) is 5.17. The van der Waals surface area contributed by atoms with Crippen molar-refractivity contribution < 1.29 is 24.3 Å². The summed E-state index contributed by atoms with van der Waals surface area (Å²) < 4.78 is 0. The van der Waals surface area contributed by atoms with E-state index in [2.05, 4.69) is 10.6 Å². The van der Waals surface area contributed by atoms with Crippen molar-refractivity contribution in [3.8, 4) is 0 Å². The molecule has 0 bridgehead atoms. The molecular weight excluding hydrogens is 302 g/mol. The van der Waals surface area contributed by atoms with Crippen molar-refractivity contribution in [1.29, 1.82) is 0 Å². The van der Waals surface area contributed by atoms with E-state index >= 15 is 0 Å². The van der Waals surface area contributed by atoms with E-state index in [9.17, 15) is 24.3 Å². The highest BCUT2D eigenvalue weighted by molar-refractivity contribution is 5.98. The number of benzene rings is 1.